The Morgan fingerprint density at radius 2 is 2.06 bits per heavy atom. The van der Waals surface area contributed by atoms with E-state index < -0.39 is 0 Å². The molecule has 4 aromatic rings. The number of hydrogen-bond donors (Lipinski definition) is 2. The van der Waals surface area contributed by atoms with Gasteiger partial charge in [0.05, 0.1) is 11.3 Å². The summed E-state index contributed by atoms with van der Waals surface area (Å²) >= 11 is 0. The van der Waals surface area contributed by atoms with Gasteiger partial charge >= 0.3 is 6.01 Å². The summed E-state index contributed by atoms with van der Waals surface area (Å²) in [6.07, 6.45) is 3.98. The number of benzene rings is 1. The van der Waals surface area contributed by atoms with Gasteiger partial charge in [-0.15, -0.1) is 16.9 Å². The van der Waals surface area contributed by atoms with Crippen LogP contribution in [0.2, 0.25) is 0 Å². The van der Waals surface area contributed by atoms with E-state index in [0.717, 1.165) is 5.56 Å². The van der Waals surface area contributed by atoms with E-state index in [4.69, 9.17) is 10.5 Å². The van der Waals surface area contributed by atoms with Crippen molar-refractivity contribution in [3.05, 3.63) is 60.2 Å². The van der Waals surface area contributed by atoms with Crippen molar-refractivity contribution < 1.29 is 9.13 Å². The van der Waals surface area contributed by atoms with E-state index in [2.05, 4.69) is 37.2 Å². The van der Waals surface area contributed by atoms with Crippen molar-refractivity contribution in [2.75, 3.05) is 17.7 Å². The van der Waals surface area contributed by atoms with Crippen molar-refractivity contribution in [1.82, 2.24) is 24.6 Å². The molecule has 1 atom stereocenters. The second-order valence-electron chi connectivity index (χ2n) is 7.01. The zero-order valence-corrected chi connectivity index (χ0v) is 17.7. The maximum absolute atomic E-state index is 13.3. The van der Waals surface area contributed by atoms with Gasteiger partial charge in [-0.25, -0.2) is 13.9 Å². The van der Waals surface area contributed by atoms with Crippen molar-refractivity contribution >= 4 is 17.3 Å². The van der Waals surface area contributed by atoms with E-state index in [9.17, 15) is 4.39 Å². The van der Waals surface area contributed by atoms with E-state index in [1.54, 1.807) is 48.1 Å². The molecule has 0 aliphatic carbocycles. The molecule has 4 rings (SSSR count). The van der Waals surface area contributed by atoms with Gasteiger partial charge in [0.2, 0.25) is 0 Å². The number of aromatic nitrogens is 5. The molecule has 0 spiro atoms. The first kappa shape index (κ1) is 21.1. The summed E-state index contributed by atoms with van der Waals surface area (Å²) in [5.74, 6) is 6.31. The molecule has 32 heavy (non-hydrogen) atoms. The van der Waals surface area contributed by atoms with Gasteiger partial charge in [-0.2, -0.15) is 9.97 Å². The number of nitrogen functional groups attached to an aromatic ring is 1. The fourth-order valence-corrected chi connectivity index (χ4v) is 3.22. The Hall–Kier alpha value is -4.19. The maximum Gasteiger partial charge on any atom is 0.318 e. The Kier molecular flexibility index (Phi) is 6.12. The molecule has 0 fully saturated rings. The van der Waals surface area contributed by atoms with Gasteiger partial charge in [0.1, 0.15) is 18.2 Å². The minimum Gasteiger partial charge on any atom is -0.462 e. The normalized spacial score (nSPS) is 11.6. The van der Waals surface area contributed by atoms with Gasteiger partial charge in [-0.05, 0) is 37.6 Å². The molecule has 0 saturated carbocycles. The highest BCUT2D eigenvalue weighted by atomic mass is 19.1. The van der Waals surface area contributed by atoms with Gasteiger partial charge in [0, 0.05) is 30.9 Å². The van der Waals surface area contributed by atoms with Crippen LogP contribution in [0.25, 0.3) is 16.9 Å². The summed E-state index contributed by atoms with van der Waals surface area (Å²) in [5.41, 5.74) is 8.78. The molecule has 0 unspecified atom stereocenters. The summed E-state index contributed by atoms with van der Waals surface area (Å²) in [6.45, 7) is 4.08. The largest absolute Gasteiger partial charge is 0.462 e. The second-order valence-corrected chi connectivity index (χ2v) is 7.01. The Bertz CT molecular complexity index is 1290. The number of halogens is 1. The van der Waals surface area contributed by atoms with Gasteiger partial charge in [-0.3, -0.25) is 0 Å². The molecule has 0 amide bonds. The smallest absolute Gasteiger partial charge is 0.318 e. The van der Waals surface area contributed by atoms with Gasteiger partial charge in [0.25, 0.3) is 0 Å². The topological polar surface area (TPSA) is 103 Å². The monoisotopic (exact) mass is 431 g/mol. The number of anilines is 2. The molecular formula is C23H22FN7O. The highest BCUT2D eigenvalue weighted by Gasteiger charge is 2.18. The van der Waals surface area contributed by atoms with Crippen LogP contribution >= 0.6 is 0 Å². The van der Waals surface area contributed by atoms with Gasteiger partial charge < -0.3 is 15.8 Å². The van der Waals surface area contributed by atoms with Crippen molar-refractivity contribution in [2.24, 2.45) is 0 Å². The van der Waals surface area contributed by atoms with Crippen molar-refractivity contribution in [3.8, 4) is 29.1 Å². The van der Waals surface area contributed by atoms with Crippen LogP contribution < -0.4 is 15.8 Å². The minimum absolute atomic E-state index is 0.142. The number of rotatable bonds is 7. The second kappa shape index (κ2) is 9.31. The summed E-state index contributed by atoms with van der Waals surface area (Å²) in [6, 6.07) is 9.87. The molecule has 0 saturated heterocycles. The number of ether oxygens (including phenoxy) is 1. The Labute approximate surface area is 184 Å². The van der Waals surface area contributed by atoms with Gasteiger partial charge in [0.15, 0.2) is 11.5 Å². The quantitative estimate of drug-likeness (QED) is 0.338. The first-order valence-electron chi connectivity index (χ1n) is 10.1. The third-order valence-corrected chi connectivity index (χ3v) is 4.75. The molecule has 3 aromatic heterocycles. The molecule has 0 aliphatic heterocycles. The summed E-state index contributed by atoms with van der Waals surface area (Å²) in [5, 5.41) is 7.63. The van der Waals surface area contributed by atoms with E-state index >= 15 is 0 Å². The molecular weight excluding hydrogens is 409 g/mol. The summed E-state index contributed by atoms with van der Waals surface area (Å²) < 4.78 is 20.6. The molecule has 162 valence electrons. The van der Waals surface area contributed by atoms with E-state index in [0.29, 0.717) is 41.6 Å². The predicted molar refractivity (Wildman–Crippen MR) is 120 cm³/mol. The van der Waals surface area contributed by atoms with Crippen LogP contribution in [0, 0.1) is 17.7 Å². The zero-order chi connectivity index (χ0) is 22.5. The van der Waals surface area contributed by atoms with E-state index in [1.807, 2.05) is 6.92 Å². The number of nitrogens with one attached hydrogen (secondary N) is 1. The lowest BCUT2D eigenvalue weighted by Gasteiger charge is -2.16. The lowest BCUT2D eigenvalue weighted by Crippen LogP contribution is -2.10. The third-order valence-electron chi connectivity index (χ3n) is 4.75. The predicted octanol–water partition coefficient (Wildman–Crippen LogP) is 3.87. The fraction of sp³-hybridized carbons (Fsp3) is 0.217. The van der Waals surface area contributed by atoms with Crippen molar-refractivity contribution in [3.63, 3.8) is 0 Å². The standard InChI is InChI=1S/C23H22FN7O/c1-3-4-5-13-32-23-28-18(20-21(25)30-31-12-6-11-26-22(20)31)14-19(29-23)27-15(2)16-7-9-17(24)10-8-16/h6-12,14-15H,5,13H2,1-2H3,(H2,25,30)(H,27,28,29)/t15-/m0/s1. The van der Waals surface area contributed by atoms with Crippen LogP contribution in [0.1, 0.15) is 31.9 Å². The third kappa shape index (κ3) is 4.59. The summed E-state index contributed by atoms with van der Waals surface area (Å²) in [4.78, 5) is 13.4. The molecule has 1 aromatic carbocycles. The van der Waals surface area contributed by atoms with Crippen LogP contribution in [-0.4, -0.2) is 31.2 Å². The summed E-state index contributed by atoms with van der Waals surface area (Å²) in [7, 11) is 0. The average Bonchev–Trinajstić information content (AvgIpc) is 3.12. The highest BCUT2D eigenvalue weighted by molar-refractivity contribution is 5.85. The van der Waals surface area contributed by atoms with Crippen LogP contribution in [-0.2, 0) is 0 Å². The average molecular weight is 431 g/mol. The molecule has 9 heteroatoms. The SMILES string of the molecule is CC#CCCOc1nc(N[C@@H](C)c2ccc(F)cc2)cc(-c2c(N)nn3cccnc23)n1. The van der Waals surface area contributed by atoms with E-state index in [-0.39, 0.29) is 17.9 Å². The molecule has 0 radical (unpaired) electrons. The van der Waals surface area contributed by atoms with Crippen LogP contribution in [0.3, 0.4) is 0 Å². The highest BCUT2D eigenvalue weighted by Crippen LogP contribution is 2.31. The Morgan fingerprint density at radius 1 is 1.25 bits per heavy atom. The van der Waals surface area contributed by atoms with Gasteiger partial charge in [-0.1, -0.05) is 12.1 Å². The maximum atomic E-state index is 13.3. The number of hydrogen-bond acceptors (Lipinski definition) is 7. The number of fused-ring (bicyclic) bond motifs is 1. The molecule has 0 bridgehead atoms. The van der Waals surface area contributed by atoms with Crippen LogP contribution in [0.15, 0.2) is 48.8 Å². The van der Waals surface area contributed by atoms with Crippen molar-refractivity contribution in [2.45, 2.75) is 26.3 Å². The molecule has 0 aliphatic rings. The molecule has 3 N–H and O–H groups in total. The zero-order valence-electron chi connectivity index (χ0n) is 17.7. The number of nitrogens with two attached hydrogens (primary N) is 1. The Morgan fingerprint density at radius 3 is 2.84 bits per heavy atom. The first-order chi connectivity index (χ1) is 15.5. The van der Waals surface area contributed by atoms with E-state index in [1.165, 1.54) is 12.1 Å². The lowest BCUT2D eigenvalue weighted by atomic mass is 10.1. The van der Waals surface area contributed by atoms with Crippen LogP contribution in [0.4, 0.5) is 16.0 Å². The van der Waals surface area contributed by atoms with Crippen LogP contribution in [0.5, 0.6) is 6.01 Å². The molecule has 3 heterocycles. The fourth-order valence-electron chi connectivity index (χ4n) is 3.22. The number of nitrogens with zero attached hydrogens (tertiary/aromatic N) is 5. The molecule has 8 nitrogen and oxygen atoms in total. The minimum atomic E-state index is -0.285. The van der Waals surface area contributed by atoms with Crippen molar-refractivity contribution in [1.29, 1.82) is 0 Å². The lowest BCUT2D eigenvalue weighted by molar-refractivity contribution is 0.301. The Balaban J connectivity index is 1.71. The first-order valence-corrected chi connectivity index (χ1v) is 10.1.